The van der Waals surface area contributed by atoms with Gasteiger partial charge in [0.25, 0.3) is 0 Å². The quantitative estimate of drug-likeness (QED) is 0.533. The van der Waals surface area contributed by atoms with E-state index in [0.717, 1.165) is 5.56 Å². The number of rotatable bonds is 7. The topological polar surface area (TPSA) is 38.8 Å². The fraction of sp³-hybridized carbons (Fsp3) is 0.409. The summed E-state index contributed by atoms with van der Waals surface area (Å²) in [6, 6.07) is 14.3. The van der Waals surface area contributed by atoms with E-state index in [1.807, 2.05) is 51.1 Å². The number of carbonyl (C=O) groups is 1. The van der Waals surface area contributed by atoms with Gasteiger partial charge >= 0.3 is 6.09 Å². The van der Waals surface area contributed by atoms with Crippen molar-refractivity contribution in [2.45, 2.75) is 44.8 Å². The van der Waals surface area contributed by atoms with Crippen LogP contribution in [0.2, 0.25) is 0 Å². The van der Waals surface area contributed by atoms with Crippen molar-refractivity contribution in [2.24, 2.45) is 0 Å². The van der Waals surface area contributed by atoms with Crippen molar-refractivity contribution in [3.8, 4) is 5.75 Å². The summed E-state index contributed by atoms with van der Waals surface area (Å²) < 4.78 is 25.5. The lowest BCUT2D eigenvalue weighted by Crippen LogP contribution is -2.35. The van der Waals surface area contributed by atoms with E-state index in [0.29, 0.717) is 24.3 Å². The molecule has 2 rings (SSSR count). The van der Waals surface area contributed by atoms with E-state index in [1.165, 1.54) is 11.0 Å². The van der Waals surface area contributed by atoms with Crippen LogP contribution in [0.3, 0.4) is 0 Å². The Hall–Kier alpha value is -2.27. The number of alkyl halides is 1. The zero-order chi connectivity index (χ0) is 20.7. The Balaban J connectivity index is 2.10. The molecule has 0 radical (unpaired) electrons. The number of hydrogen-bond acceptors (Lipinski definition) is 3. The Bertz CT molecular complexity index is 777. The molecule has 28 heavy (non-hydrogen) atoms. The minimum absolute atomic E-state index is 0.106. The molecule has 0 saturated heterocycles. The molecule has 0 aliphatic carbocycles. The van der Waals surface area contributed by atoms with Gasteiger partial charge < -0.3 is 14.4 Å². The Labute approximate surface area is 171 Å². The van der Waals surface area contributed by atoms with E-state index in [1.54, 1.807) is 19.2 Å². The molecule has 6 heteroatoms. The summed E-state index contributed by atoms with van der Waals surface area (Å²) in [5.74, 6) is 0.125. The normalized spacial score (nSPS) is 12.4. The lowest BCUT2D eigenvalue weighted by molar-refractivity contribution is 0.0278. The Morgan fingerprint density at radius 2 is 1.86 bits per heavy atom. The van der Waals surface area contributed by atoms with Crippen molar-refractivity contribution in [3.63, 3.8) is 0 Å². The highest BCUT2D eigenvalue weighted by molar-refractivity contribution is 6.17. The van der Waals surface area contributed by atoms with Gasteiger partial charge in [0, 0.05) is 31.6 Å². The second kappa shape index (κ2) is 9.78. The van der Waals surface area contributed by atoms with Crippen LogP contribution in [0.4, 0.5) is 9.18 Å². The van der Waals surface area contributed by atoms with Gasteiger partial charge in [-0.1, -0.05) is 36.4 Å². The third-order valence-electron chi connectivity index (χ3n) is 4.05. The predicted molar refractivity (Wildman–Crippen MR) is 109 cm³/mol. The fourth-order valence-electron chi connectivity index (χ4n) is 2.58. The summed E-state index contributed by atoms with van der Waals surface area (Å²) >= 11 is 5.72. The zero-order valence-corrected chi connectivity index (χ0v) is 17.5. The van der Waals surface area contributed by atoms with E-state index in [2.05, 4.69) is 0 Å². The van der Waals surface area contributed by atoms with Gasteiger partial charge in [-0.25, -0.2) is 9.18 Å². The van der Waals surface area contributed by atoms with Crippen molar-refractivity contribution in [2.75, 3.05) is 13.6 Å². The van der Waals surface area contributed by atoms with Crippen LogP contribution in [0.25, 0.3) is 0 Å². The highest BCUT2D eigenvalue weighted by Gasteiger charge is 2.21. The maximum Gasteiger partial charge on any atom is 0.410 e. The Kier molecular flexibility index (Phi) is 7.69. The number of ether oxygens (including phenoxy) is 2. The summed E-state index contributed by atoms with van der Waals surface area (Å²) in [5, 5.41) is 0. The standard InChI is InChI=1S/C22H27ClFNO3/c1-22(2,3)28-21(26)25(4)13-12-20(16-8-6-5-7-9-16)27-18-11-10-17(15-23)19(24)14-18/h5-11,14,20H,12-13,15H2,1-4H3/t20-/m0/s1. The molecule has 1 amide bonds. The number of carbonyl (C=O) groups excluding carboxylic acids is 1. The molecule has 0 N–H and O–H groups in total. The van der Waals surface area contributed by atoms with Crippen LogP contribution in [-0.4, -0.2) is 30.2 Å². The van der Waals surface area contributed by atoms with Gasteiger partial charge in [0.2, 0.25) is 0 Å². The van der Waals surface area contributed by atoms with Crippen LogP contribution in [0, 0.1) is 5.82 Å². The van der Waals surface area contributed by atoms with Crippen molar-refractivity contribution >= 4 is 17.7 Å². The highest BCUT2D eigenvalue weighted by atomic mass is 35.5. The maximum atomic E-state index is 14.0. The van der Waals surface area contributed by atoms with Crippen molar-refractivity contribution < 1.29 is 18.7 Å². The minimum atomic E-state index is -0.553. The summed E-state index contributed by atoms with van der Waals surface area (Å²) in [6.45, 7) is 5.91. The Morgan fingerprint density at radius 1 is 1.18 bits per heavy atom. The molecule has 0 unspecified atom stereocenters. The molecule has 0 spiro atoms. The lowest BCUT2D eigenvalue weighted by Gasteiger charge is -2.26. The molecule has 0 heterocycles. The number of hydrogen-bond donors (Lipinski definition) is 0. The molecule has 0 fully saturated rings. The molecule has 4 nitrogen and oxygen atoms in total. The second-order valence-corrected chi connectivity index (χ2v) is 7.86. The first kappa shape index (κ1) is 22.0. The first-order valence-corrected chi connectivity index (χ1v) is 9.73. The SMILES string of the molecule is CN(CC[C@H](Oc1ccc(CCl)c(F)c1)c1ccccc1)C(=O)OC(C)(C)C. The van der Waals surface area contributed by atoms with Crippen LogP contribution in [0.5, 0.6) is 5.75 Å². The van der Waals surface area contributed by atoms with Crippen molar-refractivity contribution in [3.05, 3.63) is 65.5 Å². The van der Waals surface area contributed by atoms with Crippen LogP contribution in [0.15, 0.2) is 48.5 Å². The fourth-order valence-corrected chi connectivity index (χ4v) is 2.79. The number of nitrogens with zero attached hydrogens (tertiary/aromatic N) is 1. The monoisotopic (exact) mass is 407 g/mol. The third-order valence-corrected chi connectivity index (χ3v) is 4.34. The van der Waals surface area contributed by atoms with Gasteiger partial charge in [0.15, 0.2) is 0 Å². The first-order valence-electron chi connectivity index (χ1n) is 9.19. The van der Waals surface area contributed by atoms with Gasteiger partial charge in [-0.3, -0.25) is 0 Å². The average Bonchev–Trinajstić information content (AvgIpc) is 2.64. The van der Waals surface area contributed by atoms with Gasteiger partial charge in [-0.05, 0) is 32.4 Å². The van der Waals surface area contributed by atoms with Crippen LogP contribution in [-0.2, 0) is 10.6 Å². The molecular weight excluding hydrogens is 381 g/mol. The number of halogens is 2. The molecule has 152 valence electrons. The molecule has 0 bridgehead atoms. The van der Waals surface area contributed by atoms with E-state index in [9.17, 15) is 9.18 Å². The van der Waals surface area contributed by atoms with Gasteiger partial charge in [0.1, 0.15) is 23.3 Å². The van der Waals surface area contributed by atoms with E-state index in [-0.39, 0.29) is 12.0 Å². The smallest absolute Gasteiger partial charge is 0.410 e. The second-order valence-electron chi connectivity index (χ2n) is 7.59. The third kappa shape index (κ3) is 6.71. The summed E-state index contributed by atoms with van der Waals surface area (Å²) in [4.78, 5) is 13.7. The Morgan fingerprint density at radius 3 is 2.43 bits per heavy atom. The number of benzene rings is 2. The molecule has 0 saturated carbocycles. The van der Waals surface area contributed by atoms with Crippen LogP contribution < -0.4 is 4.74 Å². The minimum Gasteiger partial charge on any atom is -0.486 e. The summed E-state index contributed by atoms with van der Waals surface area (Å²) in [7, 11) is 1.69. The maximum absolute atomic E-state index is 14.0. The molecule has 2 aromatic rings. The molecule has 1 atom stereocenters. The van der Waals surface area contributed by atoms with Gasteiger partial charge in [0.05, 0.1) is 5.88 Å². The van der Waals surface area contributed by atoms with E-state index in [4.69, 9.17) is 21.1 Å². The average molecular weight is 408 g/mol. The van der Waals surface area contributed by atoms with E-state index < -0.39 is 17.5 Å². The molecule has 0 aromatic heterocycles. The molecular formula is C22H27ClFNO3. The summed E-state index contributed by atoms with van der Waals surface area (Å²) in [6.07, 6.45) is -0.206. The molecule has 2 aromatic carbocycles. The summed E-state index contributed by atoms with van der Waals surface area (Å²) in [5.41, 5.74) is 0.819. The molecule has 0 aliphatic rings. The number of amides is 1. The van der Waals surface area contributed by atoms with Crippen molar-refractivity contribution in [1.29, 1.82) is 0 Å². The molecule has 0 aliphatic heterocycles. The predicted octanol–water partition coefficient (Wildman–Crippen LogP) is 5.94. The highest BCUT2D eigenvalue weighted by Crippen LogP contribution is 2.27. The van der Waals surface area contributed by atoms with Crippen LogP contribution >= 0.6 is 11.6 Å². The van der Waals surface area contributed by atoms with Gasteiger partial charge in [-0.15, -0.1) is 11.6 Å². The van der Waals surface area contributed by atoms with Crippen molar-refractivity contribution in [1.82, 2.24) is 4.90 Å². The van der Waals surface area contributed by atoms with Gasteiger partial charge in [-0.2, -0.15) is 0 Å². The van der Waals surface area contributed by atoms with E-state index >= 15 is 0 Å². The first-order chi connectivity index (χ1) is 13.2. The van der Waals surface area contributed by atoms with Crippen LogP contribution in [0.1, 0.15) is 44.4 Å². The largest absolute Gasteiger partial charge is 0.486 e. The zero-order valence-electron chi connectivity index (χ0n) is 16.7. The lowest BCUT2D eigenvalue weighted by atomic mass is 10.1.